The Balaban J connectivity index is 0.00000364. The Kier molecular flexibility index (Phi) is 10.4. The zero-order valence-electron chi connectivity index (χ0n) is 17.1. The summed E-state index contributed by atoms with van der Waals surface area (Å²) in [5.74, 6) is 1.85. The van der Waals surface area contributed by atoms with Gasteiger partial charge in [0.05, 0.1) is 12.6 Å². The molecule has 0 aliphatic rings. The number of aromatic nitrogens is 3. The molecule has 150 valence electrons. The highest BCUT2D eigenvalue weighted by atomic mass is 127. The minimum atomic E-state index is 0. The van der Waals surface area contributed by atoms with Gasteiger partial charge in [0.25, 0.3) is 0 Å². The molecule has 1 aromatic heterocycles. The smallest absolute Gasteiger partial charge is 0.192 e. The zero-order valence-corrected chi connectivity index (χ0v) is 19.4. The number of nitrogens with one attached hydrogen (secondary N) is 2. The highest BCUT2D eigenvalue weighted by molar-refractivity contribution is 14.0. The van der Waals surface area contributed by atoms with E-state index in [1.807, 2.05) is 0 Å². The topological polar surface area (TPSA) is 67.1 Å². The van der Waals surface area contributed by atoms with Crippen molar-refractivity contribution in [1.29, 1.82) is 0 Å². The first-order valence-electron chi connectivity index (χ1n) is 9.54. The van der Waals surface area contributed by atoms with Gasteiger partial charge in [-0.15, -0.1) is 34.2 Å². The number of hydrogen-bond acceptors (Lipinski definition) is 3. The van der Waals surface area contributed by atoms with Crippen molar-refractivity contribution in [3.63, 3.8) is 0 Å². The van der Waals surface area contributed by atoms with Gasteiger partial charge in [-0.05, 0) is 38.3 Å². The molecule has 0 fully saturated rings. The molecule has 2 aromatic rings. The Hall–Kier alpha value is -1.64. The lowest BCUT2D eigenvalue weighted by molar-refractivity contribution is 0.596. The third kappa shape index (κ3) is 7.12. The number of hydrogen-bond donors (Lipinski definition) is 2. The highest BCUT2D eigenvalue weighted by Gasteiger charge is 2.11. The van der Waals surface area contributed by atoms with Crippen molar-refractivity contribution in [2.45, 2.75) is 66.1 Å². The fourth-order valence-corrected chi connectivity index (χ4v) is 2.83. The van der Waals surface area contributed by atoms with Crippen LogP contribution in [0, 0.1) is 6.92 Å². The van der Waals surface area contributed by atoms with Gasteiger partial charge in [0.15, 0.2) is 5.96 Å². The Labute approximate surface area is 180 Å². The molecule has 1 heterocycles. The first-order valence-corrected chi connectivity index (χ1v) is 9.54. The van der Waals surface area contributed by atoms with Gasteiger partial charge >= 0.3 is 0 Å². The van der Waals surface area contributed by atoms with E-state index in [0.29, 0.717) is 12.6 Å². The van der Waals surface area contributed by atoms with E-state index < -0.39 is 0 Å². The summed E-state index contributed by atoms with van der Waals surface area (Å²) < 4.78 is 2.06. The molecule has 7 heteroatoms. The first-order chi connectivity index (χ1) is 12.5. The summed E-state index contributed by atoms with van der Waals surface area (Å²) in [6.07, 6.45) is 3.70. The normalized spacial score (nSPS) is 13.6. The lowest BCUT2D eigenvalue weighted by Crippen LogP contribution is -2.43. The van der Waals surface area contributed by atoms with Gasteiger partial charge in [0, 0.05) is 19.0 Å². The van der Waals surface area contributed by atoms with Gasteiger partial charge in [-0.1, -0.05) is 38.1 Å². The van der Waals surface area contributed by atoms with Crippen molar-refractivity contribution < 1.29 is 0 Å². The van der Waals surface area contributed by atoms with E-state index in [9.17, 15) is 0 Å². The quantitative estimate of drug-likeness (QED) is 0.339. The molecule has 2 unspecified atom stereocenters. The SMILES string of the molecule is CCc1nncn1CCN=C(NC(C)CC)NC(C)c1ccccc1C.I. The van der Waals surface area contributed by atoms with Crippen LogP contribution in [0.3, 0.4) is 0 Å². The number of aliphatic imine (C=N–C) groups is 1. The van der Waals surface area contributed by atoms with Crippen molar-refractivity contribution in [3.05, 3.63) is 47.5 Å². The van der Waals surface area contributed by atoms with Crippen LogP contribution < -0.4 is 10.6 Å². The molecule has 0 aliphatic carbocycles. The van der Waals surface area contributed by atoms with Crippen molar-refractivity contribution >= 4 is 29.9 Å². The van der Waals surface area contributed by atoms with Crippen LogP contribution in [0.1, 0.15) is 57.1 Å². The molecule has 0 aliphatic heterocycles. The molecule has 2 atom stereocenters. The number of aryl methyl sites for hydroxylation is 2. The van der Waals surface area contributed by atoms with Gasteiger partial charge in [0.1, 0.15) is 12.2 Å². The number of guanidine groups is 1. The number of nitrogens with zero attached hydrogens (tertiary/aromatic N) is 4. The third-order valence-electron chi connectivity index (χ3n) is 4.63. The van der Waals surface area contributed by atoms with E-state index in [2.05, 4.69) is 84.3 Å². The molecule has 0 bridgehead atoms. The fraction of sp³-hybridized carbons (Fsp3) is 0.550. The molecular formula is C20H33IN6. The maximum absolute atomic E-state index is 4.78. The van der Waals surface area contributed by atoms with Crippen LogP contribution in [0.5, 0.6) is 0 Å². The summed E-state index contributed by atoms with van der Waals surface area (Å²) in [5, 5.41) is 15.1. The second-order valence-corrected chi connectivity index (χ2v) is 6.70. The van der Waals surface area contributed by atoms with Gasteiger partial charge in [-0.2, -0.15) is 0 Å². The Morgan fingerprint density at radius 2 is 1.93 bits per heavy atom. The summed E-state index contributed by atoms with van der Waals surface area (Å²) >= 11 is 0. The largest absolute Gasteiger partial charge is 0.354 e. The molecule has 2 N–H and O–H groups in total. The van der Waals surface area contributed by atoms with Crippen LogP contribution in [0.4, 0.5) is 0 Å². The molecular weight excluding hydrogens is 451 g/mol. The standard InChI is InChI=1S/C20H32N6.HI/c1-6-16(4)23-20(21-12-13-26-14-22-25-19(26)7-2)24-17(5)18-11-9-8-10-15(18)3;/h8-11,14,16-17H,6-7,12-13H2,1-5H3,(H2,21,23,24);1H. The average molecular weight is 484 g/mol. The molecule has 27 heavy (non-hydrogen) atoms. The van der Waals surface area contributed by atoms with Crippen molar-refractivity contribution in [3.8, 4) is 0 Å². The summed E-state index contributed by atoms with van der Waals surface area (Å²) in [4.78, 5) is 4.78. The lowest BCUT2D eigenvalue weighted by Gasteiger charge is -2.22. The predicted molar refractivity (Wildman–Crippen MR) is 123 cm³/mol. The monoisotopic (exact) mass is 484 g/mol. The van der Waals surface area contributed by atoms with Crippen LogP contribution >= 0.6 is 24.0 Å². The lowest BCUT2D eigenvalue weighted by atomic mass is 10.0. The van der Waals surface area contributed by atoms with Crippen LogP contribution in [0.15, 0.2) is 35.6 Å². The van der Waals surface area contributed by atoms with Crippen molar-refractivity contribution in [2.75, 3.05) is 6.54 Å². The molecule has 0 radical (unpaired) electrons. The molecule has 0 saturated heterocycles. The Morgan fingerprint density at radius 3 is 2.59 bits per heavy atom. The summed E-state index contributed by atoms with van der Waals surface area (Å²) in [6.45, 7) is 12.2. The summed E-state index contributed by atoms with van der Waals surface area (Å²) in [7, 11) is 0. The van der Waals surface area contributed by atoms with Gasteiger partial charge in [-0.25, -0.2) is 0 Å². The van der Waals surface area contributed by atoms with Crippen molar-refractivity contribution in [2.24, 2.45) is 4.99 Å². The second-order valence-electron chi connectivity index (χ2n) is 6.70. The Morgan fingerprint density at radius 1 is 1.19 bits per heavy atom. The van der Waals surface area contributed by atoms with Crippen LogP contribution in [0.25, 0.3) is 0 Å². The Bertz CT molecular complexity index is 712. The maximum Gasteiger partial charge on any atom is 0.192 e. The van der Waals surface area contributed by atoms with E-state index in [0.717, 1.165) is 31.2 Å². The molecule has 6 nitrogen and oxygen atoms in total. The molecule has 0 spiro atoms. The molecule has 0 saturated carbocycles. The van der Waals surface area contributed by atoms with Crippen LogP contribution in [-0.2, 0) is 13.0 Å². The van der Waals surface area contributed by atoms with Crippen LogP contribution in [0.2, 0.25) is 0 Å². The fourth-order valence-electron chi connectivity index (χ4n) is 2.83. The van der Waals surface area contributed by atoms with E-state index in [4.69, 9.17) is 4.99 Å². The maximum atomic E-state index is 4.78. The van der Waals surface area contributed by atoms with Gasteiger partial charge in [-0.3, -0.25) is 4.99 Å². The molecule has 2 rings (SSSR count). The zero-order chi connectivity index (χ0) is 18.9. The van der Waals surface area contributed by atoms with Gasteiger partial charge in [0.2, 0.25) is 0 Å². The number of benzene rings is 1. The van der Waals surface area contributed by atoms with Crippen LogP contribution in [-0.4, -0.2) is 33.3 Å². The van der Waals surface area contributed by atoms with Crippen molar-refractivity contribution in [1.82, 2.24) is 25.4 Å². The minimum absolute atomic E-state index is 0. The first kappa shape index (κ1) is 23.4. The summed E-state index contributed by atoms with van der Waals surface area (Å²) in [5.41, 5.74) is 2.57. The highest BCUT2D eigenvalue weighted by Crippen LogP contribution is 2.16. The van der Waals surface area contributed by atoms with E-state index in [1.165, 1.54) is 11.1 Å². The average Bonchev–Trinajstić information content (AvgIpc) is 3.09. The minimum Gasteiger partial charge on any atom is -0.354 e. The number of rotatable bonds is 8. The third-order valence-corrected chi connectivity index (χ3v) is 4.63. The predicted octanol–water partition coefficient (Wildman–Crippen LogP) is 3.86. The summed E-state index contributed by atoms with van der Waals surface area (Å²) in [6, 6.07) is 9.02. The van der Waals surface area contributed by atoms with E-state index >= 15 is 0 Å². The number of halogens is 1. The molecule has 0 amide bonds. The van der Waals surface area contributed by atoms with Gasteiger partial charge < -0.3 is 15.2 Å². The second kappa shape index (κ2) is 11.9. The molecule has 1 aromatic carbocycles. The van der Waals surface area contributed by atoms with E-state index in [-0.39, 0.29) is 30.0 Å². The van der Waals surface area contributed by atoms with E-state index in [1.54, 1.807) is 6.33 Å².